The van der Waals surface area contributed by atoms with E-state index in [2.05, 4.69) is 15.2 Å². The quantitative estimate of drug-likeness (QED) is 0.811. The summed E-state index contributed by atoms with van der Waals surface area (Å²) < 4.78 is 5.79. The van der Waals surface area contributed by atoms with Crippen LogP contribution in [0.4, 0.5) is 16.3 Å². The minimum absolute atomic E-state index is 0.103. The molecular formula is C20H25N5O2. The average molecular weight is 367 g/mol. The second-order valence-corrected chi connectivity index (χ2v) is 7.09. The fourth-order valence-electron chi connectivity index (χ4n) is 3.54. The number of pyridine rings is 1. The molecule has 4 rings (SSSR count). The molecule has 1 aromatic carbocycles. The Balaban J connectivity index is 1.32. The van der Waals surface area contributed by atoms with E-state index in [0.29, 0.717) is 29.0 Å². The molecule has 7 nitrogen and oxygen atoms in total. The number of anilines is 2. The summed E-state index contributed by atoms with van der Waals surface area (Å²) in [5.74, 6) is 1.78. The molecule has 1 aromatic heterocycles. The Morgan fingerprint density at radius 1 is 1.07 bits per heavy atom. The molecule has 142 valence electrons. The molecule has 0 atom stereocenters. The van der Waals surface area contributed by atoms with E-state index in [4.69, 9.17) is 10.5 Å². The van der Waals surface area contributed by atoms with Crippen molar-refractivity contribution in [3.63, 3.8) is 0 Å². The van der Waals surface area contributed by atoms with Crippen molar-refractivity contribution in [2.24, 2.45) is 0 Å². The van der Waals surface area contributed by atoms with Gasteiger partial charge in [0, 0.05) is 37.1 Å². The summed E-state index contributed by atoms with van der Waals surface area (Å²) in [4.78, 5) is 21.2. The topological polar surface area (TPSA) is 83.7 Å². The van der Waals surface area contributed by atoms with Gasteiger partial charge in [0.05, 0.1) is 0 Å². The number of carbonyl (C=O) groups is 1. The number of likely N-dealkylation sites (tertiary alicyclic amines) is 2. The van der Waals surface area contributed by atoms with Crippen LogP contribution in [0.15, 0.2) is 42.6 Å². The van der Waals surface area contributed by atoms with Crippen molar-refractivity contribution in [1.82, 2.24) is 14.8 Å². The molecule has 0 saturated carbocycles. The number of ether oxygens (including phenoxy) is 1. The van der Waals surface area contributed by atoms with E-state index in [1.165, 1.54) is 19.5 Å². The number of aromatic nitrogens is 1. The van der Waals surface area contributed by atoms with E-state index < -0.39 is 0 Å². The van der Waals surface area contributed by atoms with Crippen LogP contribution >= 0.6 is 0 Å². The Morgan fingerprint density at radius 2 is 1.81 bits per heavy atom. The third-order valence-corrected chi connectivity index (χ3v) is 5.24. The zero-order valence-corrected chi connectivity index (χ0v) is 15.3. The monoisotopic (exact) mass is 367 g/mol. The minimum atomic E-state index is -0.103. The summed E-state index contributed by atoms with van der Waals surface area (Å²) in [6.45, 7) is 3.99. The van der Waals surface area contributed by atoms with Crippen molar-refractivity contribution in [2.75, 3.05) is 37.2 Å². The molecule has 0 radical (unpaired) electrons. The molecule has 0 unspecified atom stereocenters. The molecule has 2 aliphatic heterocycles. The zero-order chi connectivity index (χ0) is 18.6. The molecule has 7 heteroatoms. The number of nitrogens with two attached hydrogens (primary N) is 1. The predicted octanol–water partition coefficient (Wildman–Crippen LogP) is 3.16. The van der Waals surface area contributed by atoms with Crippen LogP contribution in [0.2, 0.25) is 0 Å². The van der Waals surface area contributed by atoms with Gasteiger partial charge in [-0.05, 0) is 62.7 Å². The van der Waals surface area contributed by atoms with Gasteiger partial charge in [0.2, 0.25) is 0 Å². The van der Waals surface area contributed by atoms with E-state index in [0.717, 1.165) is 25.9 Å². The summed E-state index contributed by atoms with van der Waals surface area (Å²) >= 11 is 0. The van der Waals surface area contributed by atoms with Crippen LogP contribution in [0.5, 0.6) is 11.5 Å². The maximum atomic E-state index is 12.5. The van der Waals surface area contributed by atoms with Crippen molar-refractivity contribution in [1.29, 1.82) is 0 Å². The maximum Gasteiger partial charge on any atom is 0.323 e. The van der Waals surface area contributed by atoms with Crippen LogP contribution in [-0.2, 0) is 0 Å². The highest BCUT2D eigenvalue weighted by Gasteiger charge is 2.29. The first-order chi connectivity index (χ1) is 13.2. The first kappa shape index (κ1) is 17.6. The Labute approximate surface area is 159 Å². The number of nitrogens with one attached hydrogen (secondary N) is 1. The summed E-state index contributed by atoms with van der Waals surface area (Å²) in [5, 5.41) is 2.88. The average Bonchev–Trinajstić information content (AvgIpc) is 2.63. The number of piperidine rings is 1. The molecule has 2 saturated heterocycles. The van der Waals surface area contributed by atoms with Gasteiger partial charge in [0.1, 0.15) is 17.3 Å². The molecule has 2 amide bonds. The van der Waals surface area contributed by atoms with Crippen molar-refractivity contribution in [3.8, 4) is 11.5 Å². The molecular weight excluding hydrogens is 342 g/mol. The number of hydrogen-bond acceptors (Lipinski definition) is 5. The van der Waals surface area contributed by atoms with Gasteiger partial charge in [0.15, 0.2) is 0 Å². The van der Waals surface area contributed by atoms with Gasteiger partial charge in [-0.15, -0.1) is 0 Å². The highest BCUT2D eigenvalue weighted by molar-refractivity contribution is 5.88. The molecule has 3 heterocycles. The lowest BCUT2D eigenvalue weighted by atomic mass is 10.00. The SMILES string of the molecule is Nc1ccc(Oc2ccnc(NC(=O)N3CCC(N4CCC4)CC3)c2)cc1. The first-order valence-corrected chi connectivity index (χ1v) is 9.47. The van der Waals surface area contributed by atoms with Gasteiger partial charge in [-0.1, -0.05) is 0 Å². The Hall–Kier alpha value is -2.80. The maximum absolute atomic E-state index is 12.5. The fourth-order valence-corrected chi connectivity index (χ4v) is 3.54. The van der Waals surface area contributed by atoms with Gasteiger partial charge in [0.25, 0.3) is 0 Å². The molecule has 27 heavy (non-hydrogen) atoms. The van der Waals surface area contributed by atoms with E-state index in [1.807, 2.05) is 4.90 Å². The van der Waals surface area contributed by atoms with Crippen LogP contribution < -0.4 is 15.8 Å². The number of amides is 2. The number of benzene rings is 1. The molecule has 3 N–H and O–H groups in total. The number of rotatable bonds is 4. The Kier molecular flexibility index (Phi) is 5.11. The van der Waals surface area contributed by atoms with Crippen LogP contribution in [0, 0.1) is 0 Å². The van der Waals surface area contributed by atoms with E-state index in [9.17, 15) is 4.79 Å². The highest BCUT2D eigenvalue weighted by atomic mass is 16.5. The highest BCUT2D eigenvalue weighted by Crippen LogP contribution is 2.25. The second kappa shape index (κ2) is 7.84. The lowest BCUT2D eigenvalue weighted by molar-refractivity contribution is 0.0734. The predicted molar refractivity (Wildman–Crippen MR) is 105 cm³/mol. The van der Waals surface area contributed by atoms with Crippen molar-refractivity contribution in [3.05, 3.63) is 42.6 Å². The second-order valence-electron chi connectivity index (χ2n) is 7.09. The molecule has 0 aliphatic carbocycles. The Morgan fingerprint density at radius 3 is 2.48 bits per heavy atom. The first-order valence-electron chi connectivity index (χ1n) is 9.47. The largest absolute Gasteiger partial charge is 0.457 e. The molecule has 2 fully saturated rings. The standard InChI is InChI=1S/C20H25N5O2/c21-15-2-4-17(5-3-15)27-18-6-9-22-19(14-18)23-20(26)25-12-7-16(8-13-25)24-10-1-11-24/h2-6,9,14,16H,1,7-8,10-13,21H2,(H,22,23,26). The summed E-state index contributed by atoms with van der Waals surface area (Å²) in [5.41, 5.74) is 6.37. The van der Waals surface area contributed by atoms with Crippen molar-refractivity contribution in [2.45, 2.75) is 25.3 Å². The van der Waals surface area contributed by atoms with Crippen molar-refractivity contribution >= 4 is 17.5 Å². The smallest absolute Gasteiger partial charge is 0.323 e. The number of carbonyl (C=O) groups excluding carboxylic acids is 1. The van der Waals surface area contributed by atoms with Crippen LogP contribution in [0.25, 0.3) is 0 Å². The molecule has 0 spiro atoms. The normalized spacial score (nSPS) is 18.0. The number of nitrogens with zero attached hydrogens (tertiary/aromatic N) is 3. The third kappa shape index (κ3) is 4.31. The summed E-state index contributed by atoms with van der Waals surface area (Å²) in [7, 11) is 0. The van der Waals surface area contributed by atoms with Gasteiger partial charge in [-0.2, -0.15) is 0 Å². The number of nitrogen functional groups attached to an aromatic ring is 1. The molecule has 2 aliphatic rings. The van der Waals surface area contributed by atoms with Gasteiger partial charge in [-0.3, -0.25) is 5.32 Å². The summed E-state index contributed by atoms with van der Waals surface area (Å²) in [6, 6.07) is 11.2. The lowest BCUT2D eigenvalue weighted by Gasteiger charge is -2.42. The van der Waals surface area contributed by atoms with Gasteiger partial charge < -0.3 is 20.3 Å². The van der Waals surface area contributed by atoms with E-state index in [-0.39, 0.29) is 6.03 Å². The van der Waals surface area contributed by atoms with E-state index in [1.54, 1.807) is 42.6 Å². The molecule has 0 bridgehead atoms. The summed E-state index contributed by atoms with van der Waals surface area (Å²) in [6.07, 6.45) is 5.02. The van der Waals surface area contributed by atoms with Crippen LogP contribution in [0.3, 0.4) is 0 Å². The minimum Gasteiger partial charge on any atom is -0.457 e. The van der Waals surface area contributed by atoms with Gasteiger partial charge in [-0.25, -0.2) is 9.78 Å². The lowest BCUT2D eigenvalue weighted by Crippen LogP contribution is -2.51. The van der Waals surface area contributed by atoms with Crippen LogP contribution in [-0.4, -0.2) is 53.0 Å². The Bertz CT molecular complexity index is 783. The van der Waals surface area contributed by atoms with Crippen LogP contribution in [0.1, 0.15) is 19.3 Å². The molecule has 2 aromatic rings. The van der Waals surface area contributed by atoms with E-state index >= 15 is 0 Å². The van der Waals surface area contributed by atoms with Gasteiger partial charge >= 0.3 is 6.03 Å². The number of urea groups is 1. The van der Waals surface area contributed by atoms with Crippen molar-refractivity contribution < 1.29 is 9.53 Å². The third-order valence-electron chi connectivity index (χ3n) is 5.24. The fraction of sp³-hybridized carbons (Fsp3) is 0.400. The zero-order valence-electron chi connectivity index (χ0n) is 15.3. The number of hydrogen-bond donors (Lipinski definition) is 2.